The summed E-state index contributed by atoms with van der Waals surface area (Å²) in [7, 11) is 0. The van der Waals surface area contributed by atoms with Gasteiger partial charge in [-0.15, -0.1) is 0 Å². The van der Waals surface area contributed by atoms with Crippen LogP contribution in [-0.4, -0.2) is 20.9 Å². The second-order valence-electron chi connectivity index (χ2n) is 9.10. The van der Waals surface area contributed by atoms with Crippen LogP contribution in [0.2, 0.25) is 5.02 Å². The van der Waals surface area contributed by atoms with E-state index in [0.717, 1.165) is 27.7 Å². The van der Waals surface area contributed by atoms with Crippen LogP contribution in [0.4, 0.5) is 11.5 Å². The van der Waals surface area contributed by atoms with Crippen molar-refractivity contribution in [2.24, 2.45) is 0 Å². The summed E-state index contributed by atoms with van der Waals surface area (Å²) in [5.41, 5.74) is 5.93. The Morgan fingerprint density at radius 1 is 1.09 bits per heavy atom. The molecule has 0 saturated heterocycles. The quantitative estimate of drug-likeness (QED) is 0.352. The van der Waals surface area contributed by atoms with Crippen LogP contribution in [0.25, 0.3) is 22.0 Å². The molecule has 1 aliphatic carbocycles. The number of aromatic nitrogens is 3. The molecule has 9 heteroatoms. The number of nitrogens with zero attached hydrogens (tertiary/aromatic N) is 2. The first-order chi connectivity index (χ1) is 17.0. The number of fused-ring (bicyclic) bond motifs is 5. The molecule has 0 fully saturated rings. The molecule has 1 spiro atoms. The first-order valence-corrected chi connectivity index (χ1v) is 11.6. The van der Waals surface area contributed by atoms with Gasteiger partial charge in [-0.1, -0.05) is 23.7 Å². The number of nitrogens with one attached hydrogen (secondary N) is 3. The molecule has 8 nitrogen and oxygen atoms in total. The molecule has 2 aromatic carbocycles. The van der Waals surface area contributed by atoms with Gasteiger partial charge in [-0.3, -0.25) is 14.8 Å². The van der Waals surface area contributed by atoms with Gasteiger partial charge in [0.05, 0.1) is 34.4 Å². The van der Waals surface area contributed by atoms with Gasteiger partial charge >= 0.3 is 5.76 Å². The van der Waals surface area contributed by atoms with E-state index in [1.165, 1.54) is 5.56 Å². The summed E-state index contributed by atoms with van der Waals surface area (Å²) >= 11 is 6.19. The summed E-state index contributed by atoms with van der Waals surface area (Å²) in [6.07, 6.45) is 2.98. The lowest BCUT2D eigenvalue weighted by molar-refractivity contribution is -0.120. The molecule has 35 heavy (non-hydrogen) atoms. The third-order valence-corrected chi connectivity index (χ3v) is 7.21. The highest BCUT2D eigenvalue weighted by Crippen LogP contribution is 2.47. The van der Waals surface area contributed by atoms with E-state index in [2.05, 4.69) is 32.7 Å². The number of benzene rings is 2. The van der Waals surface area contributed by atoms with Crippen molar-refractivity contribution in [2.75, 3.05) is 10.6 Å². The number of aromatic amines is 1. The number of rotatable bonds is 3. The van der Waals surface area contributed by atoms with Crippen molar-refractivity contribution < 1.29 is 9.21 Å². The number of oxazole rings is 1. The molecular weight excluding hydrogens is 466 g/mol. The molecule has 2 aliphatic rings. The number of H-pyrrole nitrogens is 1. The molecule has 1 aliphatic heterocycles. The Morgan fingerprint density at radius 3 is 2.83 bits per heavy atom. The molecule has 172 valence electrons. The van der Waals surface area contributed by atoms with E-state index in [1.807, 2.05) is 24.3 Å². The molecule has 1 unspecified atom stereocenters. The Hall–Kier alpha value is -4.17. The summed E-state index contributed by atoms with van der Waals surface area (Å²) in [6.45, 7) is 0.419. The Morgan fingerprint density at radius 2 is 1.94 bits per heavy atom. The summed E-state index contributed by atoms with van der Waals surface area (Å²) in [6, 6.07) is 15.5. The molecule has 1 atom stereocenters. The highest BCUT2D eigenvalue weighted by Gasteiger charge is 2.51. The van der Waals surface area contributed by atoms with E-state index in [9.17, 15) is 9.59 Å². The Labute approximate surface area is 203 Å². The SMILES string of the molecule is O=C1Nc2ncccc2C12Cc1cc3ccc(CNc4cc(Cl)cc5[nH]c(=O)oc45)nc3cc1C2. The van der Waals surface area contributed by atoms with E-state index in [-0.39, 0.29) is 5.91 Å². The third kappa shape index (κ3) is 3.06. The Kier molecular flexibility index (Phi) is 4.14. The van der Waals surface area contributed by atoms with Gasteiger partial charge in [0.2, 0.25) is 5.91 Å². The number of anilines is 2. The van der Waals surface area contributed by atoms with Gasteiger partial charge in [-0.05, 0) is 60.4 Å². The monoisotopic (exact) mass is 483 g/mol. The van der Waals surface area contributed by atoms with Gasteiger partial charge in [0.15, 0.2) is 5.58 Å². The molecule has 0 radical (unpaired) electrons. The summed E-state index contributed by atoms with van der Waals surface area (Å²) in [5.74, 6) is 0.137. The second-order valence-corrected chi connectivity index (χ2v) is 9.54. The highest BCUT2D eigenvalue weighted by atomic mass is 35.5. The standard InChI is InChI=1S/C26H18ClN5O3/c27-16-8-20(22-21(9-16)31-25(34)35-22)29-12-17-4-3-13-6-14-10-26(11-15(14)7-19(13)30-17)18-2-1-5-28-23(18)32-24(26)33/h1-9,29H,10-12H2,(H,31,34)(H,28,32,33). The van der Waals surface area contributed by atoms with Crippen LogP contribution in [0.15, 0.2) is 63.9 Å². The first kappa shape index (κ1) is 20.2. The van der Waals surface area contributed by atoms with Gasteiger partial charge < -0.3 is 15.1 Å². The fraction of sp³-hybridized carbons (Fsp3) is 0.154. The van der Waals surface area contributed by atoms with Crippen molar-refractivity contribution >= 4 is 51.0 Å². The van der Waals surface area contributed by atoms with Crippen LogP contribution in [-0.2, 0) is 29.6 Å². The molecule has 5 aromatic rings. The third-order valence-electron chi connectivity index (χ3n) is 6.99. The average Bonchev–Trinajstić information content (AvgIpc) is 3.48. The first-order valence-electron chi connectivity index (χ1n) is 11.2. The maximum Gasteiger partial charge on any atom is 0.417 e. The van der Waals surface area contributed by atoms with Gasteiger partial charge in [-0.2, -0.15) is 0 Å². The molecule has 0 saturated carbocycles. The van der Waals surface area contributed by atoms with Gasteiger partial charge in [0.1, 0.15) is 5.82 Å². The zero-order valence-electron chi connectivity index (χ0n) is 18.3. The molecular formula is C26H18ClN5O3. The minimum atomic E-state index is -0.605. The lowest BCUT2D eigenvalue weighted by Crippen LogP contribution is -2.35. The number of carbonyl (C=O) groups is 1. The van der Waals surface area contributed by atoms with Crippen LogP contribution >= 0.6 is 11.6 Å². The van der Waals surface area contributed by atoms with Gasteiger partial charge in [-0.25, -0.2) is 9.78 Å². The maximum absolute atomic E-state index is 13.0. The number of pyridine rings is 2. The molecule has 4 heterocycles. The number of amides is 1. The molecule has 3 aromatic heterocycles. The topological polar surface area (TPSA) is 113 Å². The minimum Gasteiger partial charge on any atom is -0.406 e. The lowest BCUT2D eigenvalue weighted by Gasteiger charge is -2.20. The largest absolute Gasteiger partial charge is 0.417 e. The second kappa shape index (κ2) is 7.16. The van der Waals surface area contributed by atoms with Crippen molar-refractivity contribution in [3.05, 3.63) is 92.7 Å². The highest BCUT2D eigenvalue weighted by molar-refractivity contribution is 6.31. The Bertz CT molecular complexity index is 1760. The molecule has 7 rings (SSSR count). The van der Waals surface area contributed by atoms with Crippen molar-refractivity contribution in [2.45, 2.75) is 24.8 Å². The van der Waals surface area contributed by atoms with Crippen LogP contribution in [0.1, 0.15) is 22.4 Å². The fourth-order valence-corrected chi connectivity index (χ4v) is 5.60. The van der Waals surface area contributed by atoms with Crippen molar-refractivity contribution in [3.8, 4) is 0 Å². The minimum absolute atomic E-state index is 0.00792. The van der Waals surface area contributed by atoms with Gasteiger partial charge in [0.25, 0.3) is 0 Å². The smallest absolute Gasteiger partial charge is 0.406 e. The summed E-state index contributed by atoms with van der Waals surface area (Å²) < 4.78 is 5.25. The normalized spacial score (nSPS) is 18.3. The van der Waals surface area contributed by atoms with Crippen LogP contribution in [0, 0.1) is 0 Å². The predicted octanol–water partition coefficient (Wildman–Crippen LogP) is 4.32. The van der Waals surface area contributed by atoms with Crippen molar-refractivity contribution in [1.29, 1.82) is 0 Å². The van der Waals surface area contributed by atoms with E-state index in [0.29, 0.717) is 47.0 Å². The number of hydrogen-bond acceptors (Lipinski definition) is 6. The lowest BCUT2D eigenvalue weighted by atomic mass is 9.79. The summed E-state index contributed by atoms with van der Waals surface area (Å²) in [5, 5.41) is 7.74. The van der Waals surface area contributed by atoms with E-state index >= 15 is 0 Å². The molecule has 3 N–H and O–H groups in total. The Balaban J connectivity index is 1.20. The van der Waals surface area contributed by atoms with Crippen LogP contribution in [0.3, 0.4) is 0 Å². The molecule has 1 amide bonds. The number of carbonyl (C=O) groups excluding carboxylic acids is 1. The molecule has 0 bridgehead atoms. The number of halogens is 1. The van der Waals surface area contributed by atoms with Crippen LogP contribution in [0.5, 0.6) is 0 Å². The number of hydrogen-bond donors (Lipinski definition) is 3. The van der Waals surface area contributed by atoms with Gasteiger partial charge in [0, 0.05) is 22.2 Å². The van der Waals surface area contributed by atoms with E-state index < -0.39 is 11.2 Å². The zero-order valence-corrected chi connectivity index (χ0v) is 19.1. The van der Waals surface area contributed by atoms with E-state index in [4.69, 9.17) is 21.0 Å². The van der Waals surface area contributed by atoms with Crippen LogP contribution < -0.4 is 16.4 Å². The fourth-order valence-electron chi connectivity index (χ4n) is 5.38. The summed E-state index contributed by atoms with van der Waals surface area (Å²) in [4.78, 5) is 36.4. The van der Waals surface area contributed by atoms with Crippen molar-refractivity contribution in [1.82, 2.24) is 15.0 Å². The maximum atomic E-state index is 13.0. The average molecular weight is 484 g/mol. The van der Waals surface area contributed by atoms with E-state index in [1.54, 1.807) is 18.3 Å². The van der Waals surface area contributed by atoms with Crippen molar-refractivity contribution in [3.63, 3.8) is 0 Å². The predicted molar refractivity (Wildman–Crippen MR) is 133 cm³/mol. The zero-order chi connectivity index (χ0) is 23.7.